The number of fused-ring (bicyclic) bond motifs is 4. The molecule has 152 valence electrons. The molecule has 2 amide bonds. The highest BCUT2D eigenvalue weighted by atomic mass is 16.3. The monoisotopic (exact) mass is 385 g/mol. The van der Waals surface area contributed by atoms with Crippen molar-refractivity contribution in [1.82, 2.24) is 15.1 Å². The molecule has 0 radical (unpaired) electrons. The summed E-state index contributed by atoms with van der Waals surface area (Å²) in [6.07, 6.45) is 3.61. The third-order valence-corrected chi connectivity index (χ3v) is 6.84. The van der Waals surface area contributed by atoms with Gasteiger partial charge in [0.05, 0.1) is 0 Å². The molecule has 28 heavy (non-hydrogen) atoms. The Bertz CT molecular complexity index is 710. The minimum atomic E-state index is -1.10. The van der Waals surface area contributed by atoms with E-state index in [2.05, 4.69) is 10.2 Å². The van der Waals surface area contributed by atoms with Crippen LogP contribution in [0.15, 0.2) is 30.3 Å². The molecule has 2 N–H and O–H groups in total. The van der Waals surface area contributed by atoms with Crippen LogP contribution in [-0.4, -0.2) is 65.0 Å². The number of amides is 2. The van der Waals surface area contributed by atoms with Gasteiger partial charge >= 0.3 is 0 Å². The van der Waals surface area contributed by atoms with Crippen molar-refractivity contribution in [2.75, 3.05) is 26.2 Å². The zero-order valence-electron chi connectivity index (χ0n) is 16.6. The van der Waals surface area contributed by atoms with Crippen molar-refractivity contribution in [2.24, 2.45) is 11.8 Å². The fourth-order valence-electron chi connectivity index (χ4n) is 5.57. The van der Waals surface area contributed by atoms with Crippen LogP contribution in [0, 0.1) is 11.8 Å². The van der Waals surface area contributed by atoms with E-state index in [1.165, 1.54) is 12.8 Å². The number of carbonyl (C=O) groups is 2. The second-order valence-electron chi connectivity index (χ2n) is 8.62. The van der Waals surface area contributed by atoms with Crippen LogP contribution in [0.4, 0.5) is 0 Å². The molecule has 3 saturated heterocycles. The Morgan fingerprint density at radius 1 is 1.18 bits per heavy atom. The molecule has 0 aliphatic carbocycles. The van der Waals surface area contributed by atoms with Gasteiger partial charge in [0.25, 0.3) is 5.91 Å². The number of likely N-dealkylation sites (tertiary alicyclic amines) is 1. The molecule has 3 heterocycles. The summed E-state index contributed by atoms with van der Waals surface area (Å²) in [6, 6.07) is 9.94. The van der Waals surface area contributed by atoms with E-state index in [4.69, 9.17) is 0 Å². The topological polar surface area (TPSA) is 72.9 Å². The van der Waals surface area contributed by atoms with E-state index in [1.54, 1.807) is 19.1 Å². The fraction of sp³-hybridized carbons (Fsp3) is 0.636. The summed E-state index contributed by atoms with van der Waals surface area (Å²) in [6.45, 7) is 4.68. The maximum absolute atomic E-state index is 13.1. The van der Waals surface area contributed by atoms with Gasteiger partial charge in [-0.2, -0.15) is 0 Å². The van der Waals surface area contributed by atoms with Gasteiger partial charge in [-0.05, 0) is 43.2 Å². The first-order valence-corrected chi connectivity index (χ1v) is 10.6. The average molecular weight is 386 g/mol. The molecule has 5 atom stereocenters. The van der Waals surface area contributed by atoms with E-state index in [1.807, 2.05) is 23.1 Å². The van der Waals surface area contributed by atoms with E-state index in [0.29, 0.717) is 36.5 Å². The predicted octanol–water partition coefficient (Wildman–Crippen LogP) is 1.56. The molecule has 0 aromatic heterocycles. The second-order valence-corrected chi connectivity index (χ2v) is 8.62. The number of aliphatic hydroxyl groups is 1. The van der Waals surface area contributed by atoms with Crippen molar-refractivity contribution in [3.63, 3.8) is 0 Å². The summed E-state index contributed by atoms with van der Waals surface area (Å²) in [5, 5.41) is 13.6. The summed E-state index contributed by atoms with van der Waals surface area (Å²) < 4.78 is 0. The minimum Gasteiger partial charge on any atom is -0.378 e. The van der Waals surface area contributed by atoms with Crippen LogP contribution in [0.1, 0.15) is 44.3 Å². The van der Waals surface area contributed by atoms with E-state index in [0.717, 1.165) is 25.9 Å². The summed E-state index contributed by atoms with van der Waals surface area (Å²) in [7, 11) is 0. The Kier molecular flexibility index (Phi) is 5.69. The number of nitrogens with zero attached hydrogens (tertiary/aromatic N) is 2. The van der Waals surface area contributed by atoms with Gasteiger partial charge in [0, 0.05) is 38.6 Å². The molecule has 6 heteroatoms. The minimum absolute atomic E-state index is 0.000996. The van der Waals surface area contributed by atoms with Crippen molar-refractivity contribution < 1.29 is 14.7 Å². The van der Waals surface area contributed by atoms with Gasteiger partial charge in [-0.1, -0.05) is 36.8 Å². The van der Waals surface area contributed by atoms with Crippen molar-refractivity contribution in [2.45, 2.75) is 50.8 Å². The molecule has 3 aliphatic rings. The van der Waals surface area contributed by atoms with E-state index in [9.17, 15) is 14.7 Å². The summed E-state index contributed by atoms with van der Waals surface area (Å²) in [5.41, 5.74) is 0.650. The largest absolute Gasteiger partial charge is 0.378 e. The maximum atomic E-state index is 13.1. The molecule has 3 aliphatic heterocycles. The van der Waals surface area contributed by atoms with Crippen LogP contribution >= 0.6 is 0 Å². The normalized spacial score (nSPS) is 31.0. The molecule has 0 unspecified atom stereocenters. The Hall–Kier alpha value is -1.92. The summed E-state index contributed by atoms with van der Waals surface area (Å²) in [5.74, 6) is 0.605. The molecule has 0 saturated carbocycles. The van der Waals surface area contributed by atoms with Gasteiger partial charge in [0.15, 0.2) is 6.10 Å². The lowest BCUT2D eigenvalue weighted by Gasteiger charge is -2.57. The van der Waals surface area contributed by atoms with E-state index >= 15 is 0 Å². The molecule has 4 rings (SSSR count). The van der Waals surface area contributed by atoms with Gasteiger partial charge in [-0.15, -0.1) is 0 Å². The Morgan fingerprint density at radius 3 is 2.68 bits per heavy atom. The van der Waals surface area contributed by atoms with Gasteiger partial charge < -0.3 is 15.3 Å². The molecule has 2 bridgehead atoms. The highest BCUT2D eigenvalue weighted by Gasteiger charge is 2.48. The third kappa shape index (κ3) is 3.80. The number of nitrogens with one attached hydrogen (secondary N) is 1. The molecule has 3 fully saturated rings. The van der Waals surface area contributed by atoms with Crippen LogP contribution in [0.25, 0.3) is 0 Å². The standard InChI is InChI=1S/C22H31N3O3/c1-15(26)23-12-20-18-11-17(19-9-5-6-10-25(19)20)13-24(14-18)22(28)21(27)16-7-3-2-4-8-16/h2-4,7-8,17-21,27H,5-6,9-14H2,1H3,(H,23,26)/t17-,18+,19+,20+,21+/m1/s1. The zero-order valence-corrected chi connectivity index (χ0v) is 16.6. The lowest BCUT2D eigenvalue weighted by atomic mass is 9.72. The Labute approximate surface area is 166 Å². The van der Waals surface area contributed by atoms with Crippen LogP contribution in [0.2, 0.25) is 0 Å². The lowest BCUT2D eigenvalue weighted by molar-refractivity contribution is -0.150. The lowest BCUT2D eigenvalue weighted by Crippen LogP contribution is -2.66. The fourth-order valence-corrected chi connectivity index (χ4v) is 5.57. The number of benzene rings is 1. The highest BCUT2D eigenvalue weighted by molar-refractivity contribution is 5.82. The van der Waals surface area contributed by atoms with E-state index < -0.39 is 6.10 Å². The number of carbonyl (C=O) groups excluding carboxylic acids is 2. The Morgan fingerprint density at radius 2 is 1.93 bits per heavy atom. The van der Waals surface area contributed by atoms with Crippen LogP contribution in [0.3, 0.4) is 0 Å². The number of hydrogen-bond acceptors (Lipinski definition) is 4. The third-order valence-electron chi connectivity index (χ3n) is 6.84. The Balaban J connectivity index is 1.52. The highest BCUT2D eigenvalue weighted by Crippen LogP contribution is 2.41. The van der Waals surface area contributed by atoms with Crippen molar-refractivity contribution in [1.29, 1.82) is 0 Å². The molecule has 0 spiro atoms. The smallest absolute Gasteiger partial charge is 0.256 e. The van der Waals surface area contributed by atoms with Crippen molar-refractivity contribution >= 4 is 11.8 Å². The first-order valence-electron chi connectivity index (χ1n) is 10.6. The number of piperidine rings is 3. The average Bonchev–Trinajstić information content (AvgIpc) is 2.73. The van der Waals surface area contributed by atoms with Crippen LogP contribution < -0.4 is 5.32 Å². The predicted molar refractivity (Wildman–Crippen MR) is 106 cm³/mol. The van der Waals surface area contributed by atoms with E-state index in [-0.39, 0.29) is 17.9 Å². The maximum Gasteiger partial charge on any atom is 0.256 e. The molecular weight excluding hydrogens is 354 g/mol. The first kappa shape index (κ1) is 19.4. The SMILES string of the molecule is CC(=O)NC[C@H]1[C@H]2C[C@H](CN(C(=O)[C@@H](O)c3ccccc3)C2)[C@@H]2CCCCN21. The summed E-state index contributed by atoms with van der Waals surface area (Å²) >= 11 is 0. The number of rotatable bonds is 4. The quantitative estimate of drug-likeness (QED) is 0.825. The number of aliphatic hydroxyl groups excluding tert-OH is 1. The van der Waals surface area contributed by atoms with Crippen LogP contribution in [-0.2, 0) is 9.59 Å². The molecular formula is C22H31N3O3. The molecule has 1 aromatic rings. The number of hydrogen-bond donors (Lipinski definition) is 2. The zero-order chi connectivity index (χ0) is 19.7. The van der Waals surface area contributed by atoms with Gasteiger partial charge in [0.1, 0.15) is 0 Å². The van der Waals surface area contributed by atoms with Crippen molar-refractivity contribution in [3.8, 4) is 0 Å². The van der Waals surface area contributed by atoms with Crippen LogP contribution in [0.5, 0.6) is 0 Å². The molecule has 6 nitrogen and oxygen atoms in total. The van der Waals surface area contributed by atoms with Gasteiger partial charge in [-0.3, -0.25) is 14.5 Å². The summed E-state index contributed by atoms with van der Waals surface area (Å²) in [4.78, 5) is 29.0. The van der Waals surface area contributed by atoms with Gasteiger partial charge in [0.2, 0.25) is 5.91 Å². The first-order chi connectivity index (χ1) is 13.5. The second kappa shape index (κ2) is 8.21. The van der Waals surface area contributed by atoms with Crippen molar-refractivity contribution in [3.05, 3.63) is 35.9 Å². The van der Waals surface area contributed by atoms with Gasteiger partial charge in [-0.25, -0.2) is 0 Å². The molecule has 1 aromatic carbocycles.